The van der Waals surface area contributed by atoms with Crippen LogP contribution in [0.1, 0.15) is 25.7 Å². The number of alkyl carbamates (subject to hydrolysis) is 1. The molecule has 5 nitrogen and oxygen atoms in total. The fourth-order valence-electron chi connectivity index (χ4n) is 2.13. The maximum Gasteiger partial charge on any atom is 0.408 e. The fraction of sp³-hybridized carbons (Fsp3) is 0.909. The summed E-state index contributed by atoms with van der Waals surface area (Å²) in [6.45, 7) is 3.82. The van der Waals surface area contributed by atoms with E-state index in [0.717, 1.165) is 39.1 Å². The monoisotopic (exact) mass is 228 g/mol. The smallest absolute Gasteiger partial charge is 0.408 e. The van der Waals surface area contributed by atoms with Crippen LogP contribution in [0.15, 0.2) is 0 Å². The maximum absolute atomic E-state index is 11.5. The highest BCUT2D eigenvalue weighted by molar-refractivity contribution is 5.67. The minimum Gasteiger partial charge on any atom is -0.446 e. The number of hydrogen-bond acceptors (Lipinski definition) is 4. The van der Waals surface area contributed by atoms with Crippen LogP contribution in [0.2, 0.25) is 0 Å². The lowest BCUT2D eigenvalue weighted by atomic mass is 10.3. The average molecular weight is 228 g/mol. The molecule has 5 heteroatoms. The van der Waals surface area contributed by atoms with Gasteiger partial charge in [0.25, 0.3) is 0 Å². The van der Waals surface area contributed by atoms with Gasteiger partial charge in [0.2, 0.25) is 0 Å². The summed E-state index contributed by atoms with van der Waals surface area (Å²) in [5.74, 6) is 0. The summed E-state index contributed by atoms with van der Waals surface area (Å²) < 4.78 is 10.5. The van der Waals surface area contributed by atoms with E-state index in [1.807, 2.05) is 0 Å². The van der Waals surface area contributed by atoms with E-state index >= 15 is 0 Å². The quantitative estimate of drug-likeness (QED) is 0.781. The number of carbonyl (C=O) groups excluding carboxylic acids is 1. The van der Waals surface area contributed by atoms with E-state index in [-0.39, 0.29) is 12.2 Å². The van der Waals surface area contributed by atoms with Crippen LogP contribution >= 0.6 is 0 Å². The van der Waals surface area contributed by atoms with Gasteiger partial charge in [-0.25, -0.2) is 4.79 Å². The van der Waals surface area contributed by atoms with Gasteiger partial charge in [0.15, 0.2) is 0 Å². The van der Waals surface area contributed by atoms with E-state index in [1.165, 1.54) is 12.8 Å². The summed E-state index contributed by atoms with van der Waals surface area (Å²) >= 11 is 0. The highest BCUT2D eigenvalue weighted by atomic mass is 16.6. The Kier molecular flexibility index (Phi) is 4.42. The first-order valence-electron chi connectivity index (χ1n) is 6.09. The topological polar surface area (TPSA) is 50.8 Å². The summed E-state index contributed by atoms with van der Waals surface area (Å²) in [5.41, 5.74) is 0. The van der Waals surface area contributed by atoms with Gasteiger partial charge in [0.05, 0.1) is 19.9 Å². The Bertz CT molecular complexity index is 223. The summed E-state index contributed by atoms with van der Waals surface area (Å²) in [6.07, 6.45) is 4.27. The van der Waals surface area contributed by atoms with Crippen molar-refractivity contribution in [2.24, 2.45) is 0 Å². The van der Waals surface area contributed by atoms with Crippen molar-refractivity contribution in [1.29, 1.82) is 0 Å². The molecule has 1 N–H and O–H groups in total. The van der Waals surface area contributed by atoms with Gasteiger partial charge in [0.1, 0.15) is 6.10 Å². The molecular weight excluding hydrogens is 208 g/mol. The maximum atomic E-state index is 11.5. The number of morpholine rings is 1. The Morgan fingerprint density at radius 1 is 1.31 bits per heavy atom. The van der Waals surface area contributed by atoms with Crippen molar-refractivity contribution < 1.29 is 14.3 Å². The van der Waals surface area contributed by atoms with Gasteiger partial charge in [-0.15, -0.1) is 0 Å². The van der Waals surface area contributed by atoms with Crippen molar-refractivity contribution in [1.82, 2.24) is 10.2 Å². The number of hydrogen-bond donors (Lipinski definition) is 1. The van der Waals surface area contributed by atoms with Crippen LogP contribution in [0.3, 0.4) is 0 Å². The third kappa shape index (κ3) is 3.64. The lowest BCUT2D eigenvalue weighted by molar-refractivity contribution is 0.0312. The Morgan fingerprint density at radius 2 is 2.00 bits per heavy atom. The summed E-state index contributed by atoms with van der Waals surface area (Å²) in [4.78, 5) is 13.6. The molecule has 1 saturated heterocycles. The molecular formula is C11H20N2O3. The van der Waals surface area contributed by atoms with Crippen LogP contribution in [0.4, 0.5) is 4.79 Å². The van der Waals surface area contributed by atoms with Crippen molar-refractivity contribution in [2.75, 3.05) is 33.0 Å². The molecule has 1 amide bonds. The zero-order valence-electron chi connectivity index (χ0n) is 9.61. The number of nitrogens with one attached hydrogen (secondary N) is 1. The first-order chi connectivity index (χ1) is 7.84. The van der Waals surface area contributed by atoms with Gasteiger partial charge in [0, 0.05) is 13.1 Å². The number of amides is 1. The zero-order valence-corrected chi connectivity index (χ0v) is 9.61. The normalized spacial score (nSPS) is 23.2. The van der Waals surface area contributed by atoms with Crippen molar-refractivity contribution >= 4 is 6.09 Å². The van der Waals surface area contributed by atoms with Crippen molar-refractivity contribution in [2.45, 2.75) is 31.8 Å². The predicted octanol–water partition coefficient (Wildman–Crippen LogP) is 0.945. The highest BCUT2D eigenvalue weighted by Crippen LogP contribution is 2.20. The standard InChI is InChI=1S/C11H20N2O3/c14-11(16-10-3-1-2-4-10)12-9-13-5-7-15-8-6-13/h10H,1-9H2,(H,12,14). The second kappa shape index (κ2) is 6.06. The second-order valence-corrected chi connectivity index (χ2v) is 4.38. The zero-order chi connectivity index (χ0) is 11.2. The van der Waals surface area contributed by atoms with E-state index < -0.39 is 0 Å². The first kappa shape index (κ1) is 11.7. The molecule has 0 unspecified atom stereocenters. The molecule has 0 aromatic heterocycles. The molecule has 1 aliphatic heterocycles. The van der Waals surface area contributed by atoms with E-state index in [1.54, 1.807) is 0 Å². The Balaban J connectivity index is 1.59. The number of carbonyl (C=O) groups is 1. The molecule has 1 saturated carbocycles. The summed E-state index contributed by atoms with van der Waals surface area (Å²) in [5, 5.41) is 2.79. The van der Waals surface area contributed by atoms with Crippen molar-refractivity contribution in [3.63, 3.8) is 0 Å². The molecule has 1 heterocycles. The van der Waals surface area contributed by atoms with E-state index in [9.17, 15) is 4.79 Å². The van der Waals surface area contributed by atoms with Gasteiger partial charge >= 0.3 is 6.09 Å². The molecule has 0 aromatic carbocycles. The molecule has 92 valence electrons. The van der Waals surface area contributed by atoms with Crippen molar-refractivity contribution in [3.8, 4) is 0 Å². The molecule has 2 fully saturated rings. The third-order valence-electron chi connectivity index (χ3n) is 3.13. The largest absolute Gasteiger partial charge is 0.446 e. The lowest BCUT2D eigenvalue weighted by Gasteiger charge is -2.26. The number of rotatable bonds is 3. The predicted molar refractivity (Wildman–Crippen MR) is 59.1 cm³/mol. The van der Waals surface area contributed by atoms with Gasteiger partial charge in [-0.2, -0.15) is 0 Å². The fourth-order valence-corrected chi connectivity index (χ4v) is 2.13. The molecule has 0 aromatic rings. The van der Waals surface area contributed by atoms with E-state index in [2.05, 4.69) is 10.2 Å². The van der Waals surface area contributed by atoms with Crippen molar-refractivity contribution in [3.05, 3.63) is 0 Å². The van der Waals surface area contributed by atoms with Gasteiger partial charge in [-0.3, -0.25) is 4.90 Å². The van der Waals surface area contributed by atoms with Crippen LogP contribution < -0.4 is 5.32 Å². The van der Waals surface area contributed by atoms with Crippen LogP contribution in [0, 0.1) is 0 Å². The first-order valence-corrected chi connectivity index (χ1v) is 6.09. The van der Waals surface area contributed by atoms with Crippen LogP contribution in [-0.4, -0.2) is 50.1 Å². The van der Waals surface area contributed by atoms with Gasteiger partial charge < -0.3 is 14.8 Å². The molecule has 2 aliphatic rings. The summed E-state index contributed by atoms with van der Waals surface area (Å²) in [6, 6.07) is 0. The van der Waals surface area contributed by atoms with Gasteiger partial charge in [-0.1, -0.05) is 0 Å². The SMILES string of the molecule is O=C(NCN1CCOCC1)OC1CCCC1. The molecule has 2 rings (SSSR count). The molecule has 0 bridgehead atoms. The summed E-state index contributed by atoms with van der Waals surface area (Å²) in [7, 11) is 0. The third-order valence-corrected chi connectivity index (χ3v) is 3.13. The van der Waals surface area contributed by atoms with Crippen LogP contribution in [-0.2, 0) is 9.47 Å². The number of ether oxygens (including phenoxy) is 2. The molecule has 0 spiro atoms. The lowest BCUT2D eigenvalue weighted by Crippen LogP contribution is -2.44. The second-order valence-electron chi connectivity index (χ2n) is 4.38. The minimum atomic E-state index is -0.279. The molecule has 0 atom stereocenters. The Morgan fingerprint density at radius 3 is 2.69 bits per heavy atom. The van der Waals surface area contributed by atoms with E-state index in [4.69, 9.17) is 9.47 Å². The Labute approximate surface area is 96.1 Å². The number of nitrogens with zero attached hydrogens (tertiary/aromatic N) is 1. The Hall–Kier alpha value is -0.810. The molecule has 1 aliphatic carbocycles. The minimum absolute atomic E-state index is 0.143. The van der Waals surface area contributed by atoms with Crippen LogP contribution in [0.5, 0.6) is 0 Å². The van der Waals surface area contributed by atoms with Crippen LogP contribution in [0.25, 0.3) is 0 Å². The molecule has 16 heavy (non-hydrogen) atoms. The average Bonchev–Trinajstić information content (AvgIpc) is 2.81. The van der Waals surface area contributed by atoms with E-state index in [0.29, 0.717) is 6.67 Å². The highest BCUT2D eigenvalue weighted by Gasteiger charge is 2.19. The van der Waals surface area contributed by atoms with Gasteiger partial charge in [-0.05, 0) is 25.7 Å². The molecule has 0 radical (unpaired) electrons.